The number of nitrogens with zero attached hydrogens (tertiary/aromatic N) is 1. The lowest BCUT2D eigenvalue weighted by atomic mass is 9.82. The molecule has 0 radical (unpaired) electrons. The molecule has 0 aromatic heterocycles. The molecule has 2 saturated carbocycles. The third-order valence-corrected chi connectivity index (χ3v) is 4.53. The average molecular weight is 238 g/mol. The van der Waals surface area contributed by atoms with Gasteiger partial charge in [-0.25, -0.2) is 0 Å². The first kappa shape index (κ1) is 13.4. The van der Waals surface area contributed by atoms with Crippen molar-refractivity contribution in [2.75, 3.05) is 20.6 Å². The molecule has 0 bridgehead atoms. The zero-order chi connectivity index (χ0) is 12.3. The van der Waals surface area contributed by atoms with E-state index in [-0.39, 0.29) is 0 Å². The molecule has 3 atom stereocenters. The van der Waals surface area contributed by atoms with E-state index in [1.165, 1.54) is 51.5 Å². The van der Waals surface area contributed by atoms with Crippen LogP contribution in [0.1, 0.15) is 51.9 Å². The molecule has 2 nitrogen and oxygen atoms in total. The fourth-order valence-corrected chi connectivity index (χ4v) is 3.31. The summed E-state index contributed by atoms with van der Waals surface area (Å²) >= 11 is 0. The molecule has 2 aliphatic rings. The summed E-state index contributed by atoms with van der Waals surface area (Å²) in [6.45, 7) is 3.55. The standard InChI is InChI=1S/C15H30N2/c1-12(9-10-17(2)3)16-15-6-4-5-14(11-15)13-7-8-13/h12-16H,4-11H2,1-3H3. The second kappa shape index (κ2) is 6.19. The molecule has 100 valence electrons. The van der Waals surface area contributed by atoms with Crippen LogP contribution in [-0.4, -0.2) is 37.6 Å². The van der Waals surface area contributed by atoms with Gasteiger partial charge in [-0.2, -0.15) is 0 Å². The largest absolute Gasteiger partial charge is 0.311 e. The van der Waals surface area contributed by atoms with Crippen molar-refractivity contribution in [3.05, 3.63) is 0 Å². The Balaban J connectivity index is 1.66. The summed E-state index contributed by atoms with van der Waals surface area (Å²) < 4.78 is 0. The Hall–Kier alpha value is -0.0800. The molecular formula is C15H30N2. The highest BCUT2D eigenvalue weighted by Crippen LogP contribution is 2.43. The van der Waals surface area contributed by atoms with E-state index in [9.17, 15) is 0 Å². The SMILES string of the molecule is CC(CCN(C)C)NC1CCCC(C2CC2)C1. The van der Waals surface area contributed by atoms with Gasteiger partial charge in [0.1, 0.15) is 0 Å². The van der Waals surface area contributed by atoms with Gasteiger partial charge in [0.15, 0.2) is 0 Å². The van der Waals surface area contributed by atoms with Crippen LogP contribution < -0.4 is 5.32 Å². The van der Waals surface area contributed by atoms with Crippen molar-refractivity contribution in [3.63, 3.8) is 0 Å². The van der Waals surface area contributed by atoms with Crippen LogP contribution in [0.2, 0.25) is 0 Å². The number of rotatable bonds is 6. The van der Waals surface area contributed by atoms with Crippen LogP contribution >= 0.6 is 0 Å². The molecule has 0 aliphatic heterocycles. The van der Waals surface area contributed by atoms with Gasteiger partial charge in [0.25, 0.3) is 0 Å². The summed E-state index contributed by atoms with van der Waals surface area (Å²) in [5.41, 5.74) is 0. The molecule has 2 heteroatoms. The molecule has 0 aromatic carbocycles. The Morgan fingerprint density at radius 2 is 1.88 bits per heavy atom. The van der Waals surface area contributed by atoms with E-state index in [0.717, 1.165) is 17.9 Å². The monoisotopic (exact) mass is 238 g/mol. The molecule has 1 N–H and O–H groups in total. The molecule has 2 rings (SSSR count). The summed E-state index contributed by atoms with van der Waals surface area (Å²) in [5, 5.41) is 3.86. The van der Waals surface area contributed by atoms with Crippen LogP contribution in [0.3, 0.4) is 0 Å². The fourth-order valence-electron chi connectivity index (χ4n) is 3.31. The minimum absolute atomic E-state index is 0.681. The van der Waals surface area contributed by atoms with Crippen LogP contribution in [0.25, 0.3) is 0 Å². The minimum Gasteiger partial charge on any atom is -0.311 e. The highest BCUT2D eigenvalue weighted by atomic mass is 15.1. The Morgan fingerprint density at radius 1 is 1.12 bits per heavy atom. The van der Waals surface area contributed by atoms with E-state index in [4.69, 9.17) is 0 Å². The maximum atomic E-state index is 3.86. The highest BCUT2D eigenvalue weighted by molar-refractivity contribution is 4.88. The number of hydrogen-bond acceptors (Lipinski definition) is 2. The second-order valence-corrected chi connectivity index (χ2v) is 6.62. The lowest BCUT2D eigenvalue weighted by Gasteiger charge is -2.32. The second-order valence-electron chi connectivity index (χ2n) is 6.62. The third kappa shape index (κ3) is 4.59. The van der Waals surface area contributed by atoms with Crippen LogP contribution in [0.5, 0.6) is 0 Å². The van der Waals surface area contributed by atoms with Crippen LogP contribution in [0.15, 0.2) is 0 Å². The van der Waals surface area contributed by atoms with Crippen molar-refractivity contribution in [1.29, 1.82) is 0 Å². The van der Waals surface area contributed by atoms with E-state index in [1.807, 2.05) is 0 Å². The van der Waals surface area contributed by atoms with Gasteiger partial charge in [-0.05, 0) is 71.5 Å². The molecule has 0 saturated heterocycles. The van der Waals surface area contributed by atoms with E-state index >= 15 is 0 Å². The van der Waals surface area contributed by atoms with Gasteiger partial charge >= 0.3 is 0 Å². The molecule has 17 heavy (non-hydrogen) atoms. The Kier molecular flexibility index (Phi) is 4.87. The minimum atomic E-state index is 0.681. The molecule has 0 amide bonds. The Morgan fingerprint density at radius 3 is 2.53 bits per heavy atom. The van der Waals surface area contributed by atoms with Gasteiger partial charge in [-0.15, -0.1) is 0 Å². The summed E-state index contributed by atoms with van der Waals surface area (Å²) in [7, 11) is 4.33. The maximum absolute atomic E-state index is 3.86. The van der Waals surface area contributed by atoms with Crippen molar-refractivity contribution < 1.29 is 0 Å². The first-order valence-corrected chi connectivity index (χ1v) is 7.56. The Bertz CT molecular complexity index is 223. The van der Waals surface area contributed by atoms with E-state index in [0.29, 0.717) is 6.04 Å². The maximum Gasteiger partial charge on any atom is 0.00722 e. The van der Waals surface area contributed by atoms with Gasteiger partial charge < -0.3 is 10.2 Å². The zero-order valence-corrected chi connectivity index (χ0v) is 11.9. The van der Waals surface area contributed by atoms with E-state index in [2.05, 4.69) is 31.2 Å². The number of nitrogens with one attached hydrogen (secondary N) is 1. The Labute approximate surface area is 107 Å². The van der Waals surface area contributed by atoms with Crippen molar-refractivity contribution in [2.45, 2.75) is 64.0 Å². The van der Waals surface area contributed by atoms with Crippen molar-refractivity contribution in [3.8, 4) is 0 Å². The van der Waals surface area contributed by atoms with E-state index < -0.39 is 0 Å². The van der Waals surface area contributed by atoms with Gasteiger partial charge in [-0.3, -0.25) is 0 Å². The molecular weight excluding hydrogens is 208 g/mol. The quantitative estimate of drug-likeness (QED) is 0.765. The highest BCUT2D eigenvalue weighted by Gasteiger charge is 2.34. The van der Waals surface area contributed by atoms with Gasteiger partial charge in [0.05, 0.1) is 0 Å². The summed E-state index contributed by atoms with van der Waals surface area (Å²) in [5.74, 6) is 2.17. The lowest BCUT2D eigenvalue weighted by molar-refractivity contribution is 0.241. The van der Waals surface area contributed by atoms with Crippen molar-refractivity contribution >= 4 is 0 Å². The van der Waals surface area contributed by atoms with Gasteiger partial charge in [0.2, 0.25) is 0 Å². The van der Waals surface area contributed by atoms with Gasteiger partial charge in [-0.1, -0.05) is 12.8 Å². The predicted octanol–water partition coefficient (Wildman–Crippen LogP) is 2.89. The summed E-state index contributed by atoms with van der Waals surface area (Å²) in [6.07, 6.45) is 10.2. The van der Waals surface area contributed by atoms with Crippen LogP contribution in [0.4, 0.5) is 0 Å². The summed E-state index contributed by atoms with van der Waals surface area (Å²) in [4.78, 5) is 2.28. The molecule has 2 fully saturated rings. The molecule has 0 spiro atoms. The van der Waals surface area contributed by atoms with Crippen LogP contribution in [-0.2, 0) is 0 Å². The molecule has 0 heterocycles. The smallest absolute Gasteiger partial charge is 0.00722 e. The van der Waals surface area contributed by atoms with Gasteiger partial charge in [0, 0.05) is 12.1 Å². The third-order valence-electron chi connectivity index (χ3n) is 4.53. The van der Waals surface area contributed by atoms with Crippen molar-refractivity contribution in [2.24, 2.45) is 11.8 Å². The predicted molar refractivity (Wildman–Crippen MR) is 74.2 cm³/mol. The van der Waals surface area contributed by atoms with E-state index in [1.54, 1.807) is 0 Å². The zero-order valence-electron chi connectivity index (χ0n) is 11.9. The average Bonchev–Trinajstić information content (AvgIpc) is 3.10. The molecule has 0 aromatic rings. The fraction of sp³-hybridized carbons (Fsp3) is 1.00. The van der Waals surface area contributed by atoms with Crippen LogP contribution in [0, 0.1) is 11.8 Å². The van der Waals surface area contributed by atoms with Crippen molar-refractivity contribution in [1.82, 2.24) is 10.2 Å². The first-order chi connectivity index (χ1) is 8.15. The normalized spacial score (nSPS) is 31.8. The topological polar surface area (TPSA) is 15.3 Å². The molecule has 2 aliphatic carbocycles. The first-order valence-electron chi connectivity index (χ1n) is 7.56. The lowest BCUT2D eigenvalue weighted by Crippen LogP contribution is -2.41. The summed E-state index contributed by atoms with van der Waals surface area (Å²) in [6, 6.07) is 1.49. The number of hydrogen-bond donors (Lipinski definition) is 1. The molecule has 3 unspecified atom stereocenters.